The number of hydrogen-bond donors (Lipinski definition) is 1. The molecule has 0 aliphatic carbocycles. The molecule has 2 aromatic rings. The lowest BCUT2D eigenvalue weighted by Crippen LogP contribution is -2.51. The van der Waals surface area contributed by atoms with Crippen LogP contribution in [-0.2, 0) is 5.72 Å². The summed E-state index contributed by atoms with van der Waals surface area (Å²) in [5, 5.41) is 12.0. The minimum Gasteiger partial charge on any atom is -0.497 e. The molecule has 27 heavy (non-hydrogen) atoms. The van der Waals surface area contributed by atoms with Gasteiger partial charge in [-0.1, -0.05) is 0 Å². The SMILES string of the molecule is CCOc1ccc([C@]2(O)[C@H](C)[N+]3=C(CCC3)N2c2ccc(OC)cc2)cc1. The Kier molecular flexibility index (Phi) is 4.56. The van der Waals surface area contributed by atoms with Crippen molar-refractivity contribution >= 4 is 11.5 Å². The average molecular weight is 367 g/mol. The summed E-state index contributed by atoms with van der Waals surface area (Å²) in [6.07, 6.45) is 2.08. The molecule has 0 aromatic heterocycles. The summed E-state index contributed by atoms with van der Waals surface area (Å²) in [6.45, 7) is 5.68. The summed E-state index contributed by atoms with van der Waals surface area (Å²) in [7, 11) is 1.66. The zero-order valence-corrected chi connectivity index (χ0v) is 16.2. The fourth-order valence-electron chi connectivity index (χ4n) is 4.35. The Morgan fingerprint density at radius 1 is 1.11 bits per heavy atom. The molecule has 2 aliphatic heterocycles. The predicted octanol–water partition coefficient (Wildman–Crippen LogP) is 3.35. The molecule has 5 nitrogen and oxygen atoms in total. The van der Waals surface area contributed by atoms with Crippen LogP contribution in [0.4, 0.5) is 5.69 Å². The molecule has 0 radical (unpaired) electrons. The Morgan fingerprint density at radius 3 is 2.41 bits per heavy atom. The van der Waals surface area contributed by atoms with E-state index in [1.165, 1.54) is 5.84 Å². The van der Waals surface area contributed by atoms with Gasteiger partial charge in [-0.3, -0.25) is 4.58 Å². The standard InChI is InChI=1S/C22H27N2O3/c1-4-27-20-11-7-17(8-12-20)22(25)16(2)23-15-5-6-21(23)24(22)18-9-13-19(26-3)14-10-18/h7-14,16,25H,4-6,15H2,1-3H3/q+1/t16-,22+/m0/s1. The van der Waals surface area contributed by atoms with Gasteiger partial charge in [0, 0.05) is 5.56 Å². The van der Waals surface area contributed by atoms with Crippen LogP contribution in [0.1, 0.15) is 32.3 Å². The second kappa shape index (κ2) is 6.89. The van der Waals surface area contributed by atoms with E-state index >= 15 is 0 Å². The van der Waals surface area contributed by atoms with E-state index in [1.54, 1.807) is 7.11 Å². The maximum atomic E-state index is 12.0. The zero-order chi connectivity index (χ0) is 19.0. The maximum Gasteiger partial charge on any atom is 0.278 e. The molecule has 1 N–H and O–H groups in total. The third-order valence-electron chi connectivity index (χ3n) is 5.70. The van der Waals surface area contributed by atoms with Crippen LogP contribution >= 0.6 is 0 Å². The van der Waals surface area contributed by atoms with Crippen molar-refractivity contribution in [3.05, 3.63) is 54.1 Å². The second-order valence-electron chi connectivity index (χ2n) is 7.11. The molecular weight excluding hydrogens is 340 g/mol. The van der Waals surface area contributed by atoms with Gasteiger partial charge in [-0.05, 0) is 68.8 Å². The molecule has 0 unspecified atom stereocenters. The normalized spacial score (nSPS) is 24.3. The van der Waals surface area contributed by atoms with Crippen molar-refractivity contribution in [3.8, 4) is 11.5 Å². The van der Waals surface area contributed by atoms with Crippen LogP contribution in [0, 0.1) is 0 Å². The monoisotopic (exact) mass is 367 g/mol. The number of methoxy groups -OCH3 is 1. The topological polar surface area (TPSA) is 44.9 Å². The van der Waals surface area contributed by atoms with Gasteiger partial charge in [-0.25, -0.2) is 0 Å². The van der Waals surface area contributed by atoms with E-state index in [1.807, 2.05) is 55.5 Å². The van der Waals surface area contributed by atoms with Crippen molar-refractivity contribution in [1.82, 2.24) is 0 Å². The minimum absolute atomic E-state index is 0.0463. The summed E-state index contributed by atoms with van der Waals surface area (Å²) in [5.41, 5.74) is 0.712. The number of anilines is 1. The first-order valence-corrected chi connectivity index (χ1v) is 9.62. The van der Waals surface area contributed by atoms with Crippen molar-refractivity contribution in [2.24, 2.45) is 0 Å². The first kappa shape index (κ1) is 17.9. The first-order chi connectivity index (χ1) is 13.1. The van der Waals surface area contributed by atoms with Crippen molar-refractivity contribution in [3.63, 3.8) is 0 Å². The van der Waals surface area contributed by atoms with Crippen LogP contribution in [0.25, 0.3) is 0 Å². The fourth-order valence-corrected chi connectivity index (χ4v) is 4.35. The fraction of sp³-hybridized carbons (Fsp3) is 0.409. The number of ether oxygens (including phenoxy) is 2. The zero-order valence-electron chi connectivity index (χ0n) is 16.2. The Bertz CT molecular complexity index is 845. The van der Waals surface area contributed by atoms with Crippen LogP contribution in [0.2, 0.25) is 0 Å². The first-order valence-electron chi connectivity index (χ1n) is 9.62. The number of rotatable bonds is 5. The highest BCUT2D eigenvalue weighted by molar-refractivity contribution is 5.97. The molecule has 2 aliphatic rings. The number of nitrogens with zero attached hydrogens (tertiary/aromatic N) is 2. The summed E-state index contributed by atoms with van der Waals surface area (Å²) in [4.78, 5) is 2.10. The molecule has 2 aromatic carbocycles. The van der Waals surface area contributed by atoms with Gasteiger partial charge < -0.3 is 14.6 Å². The van der Waals surface area contributed by atoms with Gasteiger partial charge in [0.15, 0.2) is 6.04 Å². The van der Waals surface area contributed by atoms with Crippen LogP contribution in [0.3, 0.4) is 0 Å². The summed E-state index contributed by atoms with van der Waals surface area (Å²) < 4.78 is 13.2. The molecular formula is C22H27N2O3+. The molecule has 2 heterocycles. The average Bonchev–Trinajstić information content (AvgIpc) is 3.24. The Balaban J connectivity index is 1.78. The quantitative estimate of drug-likeness (QED) is 0.823. The van der Waals surface area contributed by atoms with Gasteiger partial charge in [0.1, 0.15) is 17.2 Å². The summed E-state index contributed by atoms with van der Waals surface area (Å²) in [5.74, 6) is 2.81. The molecule has 0 saturated carbocycles. The van der Waals surface area contributed by atoms with Crippen molar-refractivity contribution in [2.75, 3.05) is 25.2 Å². The summed E-state index contributed by atoms with van der Waals surface area (Å²) >= 11 is 0. The Labute approximate surface area is 160 Å². The van der Waals surface area contributed by atoms with E-state index in [9.17, 15) is 5.11 Å². The third kappa shape index (κ3) is 2.77. The lowest BCUT2D eigenvalue weighted by molar-refractivity contribution is -0.564. The van der Waals surface area contributed by atoms with E-state index in [2.05, 4.69) is 16.4 Å². The lowest BCUT2D eigenvalue weighted by atomic mass is 9.93. The van der Waals surface area contributed by atoms with Crippen LogP contribution in [0.15, 0.2) is 48.5 Å². The largest absolute Gasteiger partial charge is 0.497 e. The van der Waals surface area contributed by atoms with Crippen LogP contribution in [-0.4, -0.2) is 41.8 Å². The van der Waals surface area contributed by atoms with Crippen LogP contribution < -0.4 is 14.4 Å². The number of amidine groups is 1. The van der Waals surface area contributed by atoms with Crippen molar-refractivity contribution < 1.29 is 19.2 Å². The highest BCUT2D eigenvalue weighted by Gasteiger charge is 2.60. The van der Waals surface area contributed by atoms with Gasteiger partial charge >= 0.3 is 0 Å². The van der Waals surface area contributed by atoms with E-state index < -0.39 is 5.72 Å². The van der Waals surface area contributed by atoms with E-state index in [4.69, 9.17) is 9.47 Å². The van der Waals surface area contributed by atoms with Crippen LogP contribution in [0.5, 0.6) is 11.5 Å². The van der Waals surface area contributed by atoms with Gasteiger partial charge in [0.2, 0.25) is 0 Å². The second-order valence-corrected chi connectivity index (χ2v) is 7.11. The van der Waals surface area contributed by atoms with Gasteiger partial charge in [-0.2, -0.15) is 4.90 Å². The molecule has 0 spiro atoms. The molecule has 0 bridgehead atoms. The molecule has 0 fully saturated rings. The molecule has 4 rings (SSSR count). The Morgan fingerprint density at radius 2 is 1.78 bits per heavy atom. The summed E-state index contributed by atoms with van der Waals surface area (Å²) in [6, 6.07) is 15.7. The molecule has 142 valence electrons. The minimum atomic E-state index is -1.13. The van der Waals surface area contributed by atoms with Crippen molar-refractivity contribution in [2.45, 2.75) is 38.5 Å². The maximum absolute atomic E-state index is 12.0. The third-order valence-corrected chi connectivity index (χ3v) is 5.70. The molecule has 0 saturated heterocycles. The predicted molar refractivity (Wildman–Crippen MR) is 106 cm³/mol. The highest BCUT2D eigenvalue weighted by Crippen LogP contribution is 2.43. The van der Waals surface area contributed by atoms with Gasteiger partial charge in [0.25, 0.3) is 11.6 Å². The van der Waals surface area contributed by atoms with Crippen molar-refractivity contribution in [1.29, 1.82) is 0 Å². The van der Waals surface area contributed by atoms with Gasteiger partial charge in [0.05, 0.1) is 26.7 Å². The highest BCUT2D eigenvalue weighted by atomic mass is 16.5. The van der Waals surface area contributed by atoms with Gasteiger partial charge in [-0.15, -0.1) is 0 Å². The van der Waals surface area contributed by atoms with E-state index in [-0.39, 0.29) is 6.04 Å². The molecule has 0 amide bonds. The number of benzene rings is 2. The van der Waals surface area contributed by atoms with E-state index in [0.717, 1.165) is 42.1 Å². The van der Waals surface area contributed by atoms with E-state index in [0.29, 0.717) is 6.61 Å². The number of aliphatic hydroxyl groups is 1. The molecule has 5 heteroatoms. The smallest absolute Gasteiger partial charge is 0.278 e. The Hall–Kier alpha value is -2.53. The number of hydrogen-bond acceptors (Lipinski definition) is 4. The molecule has 2 atom stereocenters. The lowest BCUT2D eigenvalue weighted by Gasteiger charge is -2.32.